The molecular weight excluding hydrogens is 212 g/mol. The number of fused-ring (bicyclic) bond motifs is 1. The van der Waals surface area contributed by atoms with Crippen molar-refractivity contribution in [2.24, 2.45) is 0 Å². The predicted octanol–water partition coefficient (Wildman–Crippen LogP) is 3.28. The topological polar surface area (TPSA) is 26.3 Å². The first-order valence-corrected chi connectivity index (χ1v) is 4.87. The molecule has 0 spiro atoms. The molecule has 0 aliphatic heterocycles. The molecule has 0 aromatic heterocycles. The van der Waals surface area contributed by atoms with Crippen molar-refractivity contribution >= 4 is 28.3 Å². The van der Waals surface area contributed by atoms with Crippen LogP contribution in [0.2, 0.25) is 5.02 Å². The minimum Gasteiger partial charge on any atom is -0.465 e. The number of carbonyl (C=O) groups excluding carboxylic acids is 1. The molecule has 0 bridgehead atoms. The van der Waals surface area contributed by atoms with E-state index in [0.717, 1.165) is 10.8 Å². The van der Waals surface area contributed by atoms with Gasteiger partial charge >= 0.3 is 5.97 Å². The number of benzene rings is 2. The fourth-order valence-electron chi connectivity index (χ4n) is 1.55. The van der Waals surface area contributed by atoms with E-state index < -0.39 is 0 Å². The number of hydrogen-bond donors (Lipinski definition) is 0. The molecule has 0 heterocycles. The van der Waals surface area contributed by atoms with Crippen LogP contribution in [0.3, 0.4) is 0 Å². The van der Waals surface area contributed by atoms with Gasteiger partial charge in [0, 0.05) is 5.02 Å². The van der Waals surface area contributed by atoms with Crippen LogP contribution in [0.15, 0.2) is 36.4 Å². The second-order valence-electron chi connectivity index (χ2n) is 3.17. The van der Waals surface area contributed by atoms with Crippen molar-refractivity contribution in [2.45, 2.75) is 0 Å². The van der Waals surface area contributed by atoms with E-state index >= 15 is 0 Å². The van der Waals surface area contributed by atoms with Crippen molar-refractivity contribution in [1.82, 2.24) is 0 Å². The average Bonchev–Trinajstić information content (AvgIpc) is 2.26. The van der Waals surface area contributed by atoms with Gasteiger partial charge in [0.1, 0.15) is 0 Å². The van der Waals surface area contributed by atoms with Crippen LogP contribution in [0.1, 0.15) is 10.4 Å². The zero-order valence-corrected chi connectivity index (χ0v) is 8.91. The lowest BCUT2D eigenvalue weighted by molar-refractivity contribution is 0.0603. The lowest BCUT2D eigenvalue weighted by Crippen LogP contribution is -2.01. The van der Waals surface area contributed by atoms with Gasteiger partial charge in [0.2, 0.25) is 0 Å². The van der Waals surface area contributed by atoms with Gasteiger partial charge in [-0.05, 0) is 22.9 Å². The summed E-state index contributed by atoms with van der Waals surface area (Å²) in [6, 6.07) is 11.0. The Kier molecular flexibility index (Phi) is 2.60. The van der Waals surface area contributed by atoms with Crippen molar-refractivity contribution in [2.75, 3.05) is 7.11 Å². The van der Waals surface area contributed by atoms with Crippen molar-refractivity contribution in [3.05, 3.63) is 47.0 Å². The molecule has 0 aliphatic carbocycles. The normalized spacial score (nSPS) is 10.3. The van der Waals surface area contributed by atoms with Crippen molar-refractivity contribution in [1.29, 1.82) is 0 Å². The Morgan fingerprint density at radius 1 is 1.27 bits per heavy atom. The molecule has 15 heavy (non-hydrogen) atoms. The molecule has 0 fully saturated rings. The van der Waals surface area contributed by atoms with E-state index in [1.54, 1.807) is 6.07 Å². The Balaban J connectivity index is 2.76. The predicted molar refractivity (Wildman–Crippen MR) is 60.3 cm³/mol. The van der Waals surface area contributed by atoms with E-state index in [1.165, 1.54) is 7.11 Å². The Morgan fingerprint density at radius 3 is 2.73 bits per heavy atom. The number of rotatable bonds is 1. The molecule has 2 nitrogen and oxygen atoms in total. The fraction of sp³-hybridized carbons (Fsp3) is 0.0833. The van der Waals surface area contributed by atoms with Gasteiger partial charge in [-0.1, -0.05) is 35.9 Å². The highest BCUT2D eigenvalue weighted by molar-refractivity contribution is 6.32. The monoisotopic (exact) mass is 220 g/mol. The second kappa shape index (κ2) is 3.91. The molecule has 3 heteroatoms. The smallest absolute Gasteiger partial charge is 0.338 e. The highest BCUT2D eigenvalue weighted by Crippen LogP contribution is 2.24. The van der Waals surface area contributed by atoms with E-state index in [2.05, 4.69) is 0 Å². The standard InChI is InChI=1S/C12H9ClO2/c1-15-12(14)11-7-9(13)6-8-4-2-3-5-10(8)11/h2-7H,1H3. The third-order valence-electron chi connectivity index (χ3n) is 2.23. The summed E-state index contributed by atoms with van der Waals surface area (Å²) >= 11 is 5.92. The Hall–Kier alpha value is -1.54. The van der Waals surface area contributed by atoms with Gasteiger partial charge in [0.15, 0.2) is 0 Å². The first-order valence-electron chi connectivity index (χ1n) is 4.49. The fourth-order valence-corrected chi connectivity index (χ4v) is 1.78. The maximum absolute atomic E-state index is 11.5. The first kappa shape index (κ1) is 9.99. The highest BCUT2D eigenvalue weighted by atomic mass is 35.5. The molecule has 0 unspecified atom stereocenters. The van der Waals surface area contributed by atoms with Crippen LogP contribution in [0, 0.1) is 0 Å². The van der Waals surface area contributed by atoms with Gasteiger partial charge in [0.25, 0.3) is 0 Å². The van der Waals surface area contributed by atoms with Gasteiger partial charge in [-0.3, -0.25) is 0 Å². The van der Waals surface area contributed by atoms with Gasteiger partial charge in [-0.2, -0.15) is 0 Å². The maximum Gasteiger partial charge on any atom is 0.338 e. The highest BCUT2D eigenvalue weighted by Gasteiger charge is 2.10. The largest absolute Gasteiger partial charge is 0.465 e. The van der Waals surface area contributed by atoms with E-state index in [9.17, 15) is 4.79 Å². The van der Waals surface area contributed by atoms with Crippen LogP contribution in [-0.2, 0) is 4.74 Å². The van der Waals surface area contributed by atoms with Gasteiger partial charge < -0.3 is 4.74 Å². The SMILES string of the molecule is COC(=O)c1cc(Cl)cc2ccccc12. The second-order valence-corrected chi connectivity index (χ2v) is 3.60. The summed E-state index contributed by atoms with van der Waals surface area (Å²) in [7, 11) is 1.36. The van der Waals surface area contributed by atoms with E-state index in [4.69, 9.17) is 16.3 Å². The summed E-state index contributed by atoms with van der Waals surface area (Å²) in [5, 5.41) is 2.33. The third-order valence-corrected chi connectivity index (χ3v) is 2.45. The van der Waals surface area contributed by atoms with Crippen LogP contribution in [-0.4, -0.2) is 13.1 Å². The number of halogens is 1. The quantitative estimate of drug-likeness (QED) is 0.690. The number of hydrogen-bond acceptors (Lipinski definition) is 2. The molecule has 0 N–H and O–H groups in total. The summed E-state index contributed by atoms with van der Waals surface area (Å²) in [5.74, 6) is -0.367. The van der Waals surface area contributed by atoms with E-state index in [0.29, 0.717) is 10.6 Å². The zero-order valence-electron chi connectivity index (χ0n) is 8.16. The van der Waals surface area contributed by atoms with Crippen molar-refractivity contribution < 1.29 is 9.53 Å². The molecular formula is C12H9ClO2. The number of methoxy groups -OCH3 is 1. The third kappa shape index (κ3) is 1.81. The molecule has 2 aromatic carbocycles. The maximum atomic E-state index is 11.5. The zero-order chi connectivity index (χ0) is 10.8. The van der Waals surface area contributed by atoms with Gasteiger partial charge in [0.05, 0.1) is 12.7 Å². The lowest BCUT2D eigenvalue weighted by Gasteiger charge is -2.05. The summed E-state index contributed by atoms with van der Waals surface area (Å²) in [4.78, 5) is 11.5. The molecule has 76 valence electrons. The lowest BCUT2D eigenvalue weighted by atomic mass is 10.0. The molecule has 0 aliphatic rings. The van der Waals surface area contributed by atoms with Gasteiger partial charge in [-0.25, -0.2) is 4.79 Å². The Bertz CT molecular complexity index is 520. The molecule has 0 saturated heterocycles. The molecule has 0 saturated carbocycles. The van der Waals surface area contributed by atoms with Gasteiger partial charge in [-0.15, -0.1) is 0 Å². The summed E-state index contributed by atoms with van der Waals surface area (Å²) in [6.07, 6.45) is 0. The van der Waals surface area contributed by atoms with Crippen molar-refractivity contribution in [3.63, 3.8) is 0 Å². The van der Waals surface area contributed by atoms with Crippen LogP contribution in [0.25, 0.3) is 10.8 Å². The van der Waals surface area contributed by atoms with E-state index in [-0.39, 0.29) is 5.97 Å². The van der Waals surface area contributed by atoms with Crippen LogP contribution in [0.4, 0.5) is 0 Å². The number of esters is 1. The summed E-state index contributed by atoms with van der Waals surface area (Å²) < 4.78 is 4.70. The summed E-state index contributed by atoms with van der Waals surface area (Å²) in [5.41, 5.74) is 0.501. The average molecular weight is 221 g/mol. The van der Waals surface area contributed by atoms with Crippen molar-refractivity contribution in [3.8, 4) is 0 Å². The van der Waals surface area contributed by atoms with Crippen LogP contribution < -0.4 is 0 Å². The minimum absolute atomic E-state index is 0.367. The minimum atomic E-state index is -0.367. The van der Waals surface area contributed by atoms with E-state index in [1.807, 2.05) is 30.3 Å². The molecule has 2 aromatic rings. The molecule has 2 rings (SSSR count). The Labute approximate surface area is 92.4 Å². The molecule has 0 atom stereocenters. The molecule has 0 amide bonds. The molecule has 0 radical (unpaired) electrons. The number of ether oxygens (including phenoxy) is 1. The Morgan fingerprint density at radius 2 is 2.00 bits per heavy atom. The van der Waals surface area contributed by atoms with Crippen LogP contribution >= 0.6 is 11.6 Å². The first-order chi connectivity index (χ1) is 7.22. The summed E-state index contributed by atoms with van der Waals surface area (Å²) in [6.45, 7) is 0. The van der Waals surface area contributed by atoms with Crippen LogP contribution in [0.5, 0.6) is 0 Å². The number of carbonyl (C=O) groups is 1.